The van der Waals surface area contributed by atoms with E-state index in [1.54, 1.807) is 0 Å². The van der Waals surface area contributed by atoms with Crippen molar-refractivity contribution in [1.29, 1.82) is 5.41 Å². The van der Waals surface area contributed by atoms with Gasteiger partial charge in [-0.1, -0.05) is 60.1 Å². The number of hydrazine groups is 1. The molecule has 10 heteroatoms. The fourth-order valence-electron chi connectivity index (χ4n) is 12.5. The number of nitrogens with zero attached hydrogens (tertiary/aromatic N) is 4. The highest BCUT2D eigenvalue weighted by Gasteiger charge is 2.71. The highest BCUT2D eigenvalue weighted by Crippen LogP contribution is 2.74. The van der Waals surface area contributed by atoms with Gasteiger partial charge in [0.05, 0.1) is 32.0 Å². The topological polar surface area (TPSA) is 135 Å². The Morgan fingerprint density at radius 2 is 1.83 bits per heavy atom. The molecule has 5 fully saturated rings. The van der Waals surface area contributed by atoms with E-state index in [2.05, 4.69) is 76.8 Å². The normalized spacial score (nSPS) is 45.5. The summed E-state index contributed by atoms with van der Waals surface area (Å²) in [7, 11) is 2.18. The molecule has 272 valence electrons. The molecule has 0 aromatic carbocycles. The van der Waals surface area contributed by atoms with Crippen LogP contribution in [0.1, 0.15) is 87.0 Å². The van der Waals surface area contributed by atoms with Crippen molar-refractivity contribution in [3.63, 3.8) is 0 Å². The van der Waals surface area contributed by atoms with E-state index < -0.39 is 0 Å². The standard InChI is InChI=1S/C38H66N7O3/c1-25(2)26(3)34(4)13-14-36(6)27-9-10-30-35(5)23-47-24-38(30,28(27)11-12-37(36,7)31(34)22-46)21-29(45(41)42-33(39)40)32(35)48-20-19-44-17-15-43(8)16-18-44/h11,22,25-27,29-32H,9-10,12-21,23-24,41H2,1-8H3,(H3-,39,40,42)/q-1/t26-,27+,29-,30+,31-,32+,34-,35+,36-,37+,38+/m1/s1. The lowest BCUT2D eigenvalue weighted by Gasteiger charge is -2.71. The summed E-state index contributed by atoms with van der Waals surface area (Å²) in [5.41, 5.74) is 11.0. The number of likely N-dealkylation sites (N-methyl/N-ethyl adjacent to an activating group) is 1. The highest BCUT2D eigenvalue weighted by molar-refractivity contribution is 5.86. The monoisotopic (exact) mass is 669 g/mol. The summed E-state index contributed by atoms with van der Waals surface area (Å²) in [6.45, 7) is 23.8. The number of allylic oxidation sites excluding steroid dienone is 1. The average molecular weight is 669 g/mol. The van der Waals surface area contributed by atoms with Crippen molar-refractivity contribution in [2.75, 3.05) is 59.6 Å². The van der Waals surface area contributed by atoms with Gasteiger partial charge in [-0.3, -0.25) is 10.7 Å². The molecule has 0 radical (unpaired) electrons. The lowest BCUT2D eigenvalue weighted by atomic mass is 9.34. The molecule has 0 unspecified atom stereocenters. The Balaban J connectivity index is 1.34. The van der Waals surface area contributed by atoms with Gasteiger partial charge in [-0.15, -0.1) is 0 Å². The molecule has 0 aromatic heterocycles. The number of nitrogens with one attached hydrogen (secondary N) is 1. The minimum Gasteiger partial charge on any atom is -0.453 e. The molecule has 48 heavy (non-hydrogen) atoms. The van der Waals surface area contributed by atoms with Gasteiger partial charge >= 0.3 is 0 Å². The van der Waals surface area contributed by atoms with Crippen LogP contribution in [-0.4, -0.2) is 98.9 Å². The maximum absolute atomic E-state index is 13.2. The van der Waals surface area contributed by atoms with Crippen molar-refractivity contribution < 1.29 is 14.3 Å². The molecule has 2 aliphatic heterocycles. The van der Waals surface area contributed by atoms with E-state index in [0.717, 1.165) is 71.2 Å². The van der Waals surface area contributed by atoms with Gasteiger partial charge in [0.25, 0.3) is 0 Å². The van der Waals surface area contributed by atoms with Gasteiger partial charge in [0.1, 0.15) is 6.29 Å². The first-order chi connectivity index (χ1) is 22.6. The second-order valence-electron chi connectivity index (χ2n) is 18.3. The molecule has 0 aromatic rings. The van der Waals surface area contributed by atoms with Gasteiger partial charge in [0.15, 0.2) is 0 Å². The number of rotatable bonds is 9. The van der Waals surface area contributed by atoms with Gasteiger partial charge in [0, 0.05) is 55.4 Å². The highest BCUT2D eigenvalue weighted by atomic mass is 16.5. The van der Waals surface area contributed by atoms with E-state index in [1.165, 1.54) is 17.0 Å². The number of carbonyl (C=O) groups is 1. The largest absolute Gasteiger partial charge is 0.453 e. The number of nitrogens with two attached hydrogens (primary N) is 2. The van der Waals surface area contributed by atoms with E-state index in [4.69, 9.17) is 26.5 Å². The molecule has 4 aliphatic carbocycles. The zero-order chi connectivity index (χ0) is 34.9. The van der Waals surface area contributed by atoms with Crippen LogP contribution in [0, 0.1) is 62.1 Å². The number of carbonyl (C=O) groups excluding carboxylic acids is 1. The van der Waals surface area contributed by atoms with Crippen molar-refractivity contribution >= 4 is 12.2 Å². The fourth-order valence-corrected chi connectivity index (χ4v) is 12.5. The fraction of sp³-hybridized carbons (Fsp3) is 0.895. The van der Waals surface area contributed by atoms with Crippen LogP contribution >= 0.6 is 0 Å². The quantitative estimate of drug-likeness (QED) is 0.0776. The third kappa shape index (κ3) is 5.42. The van der Waals surface area contributed by atoms with Crippen molar-refractivity contribution in [3.05, 3.63) is 17.1 Å². The van der Waals surface area contributed by atoms with Crippen molar-refractivity contribution in [3.8, 4) is 0 Å². The molecule has 6 rings (SSSR count). The minimum atomic E-state index is -0.290. The third-order valence-corrected chi connectivity index (χ3v) is 15.9. The number of guanidine groups is 1. The van der Waals surface area contributed by atoms with E-state index in [1.807, 2.05) is 0 Å². The molecular formula is C38H66N7O3-. The Kier molecular flexibility index (Phi) is 9.73. The molecule has 5 N–H and O–H groups in total. The van der Waals surface area contributed by atoms with E-state index in [-0.39, 0.29) is 51.1 Å². The zero-order valence-electron chi connectivity index (χ0n) is 31.3. The van der Waals surface area contributed by atoms with Crippen LogP contribution in [-0.2, 0) is 14.3 Å². The summed E-state index contributed by atoms with van der Waals surface area (Å²) in [6.07, 6.45) is 9.82. The number of hydrogen-bond acceptors (Lipinski definition) is 8. The van der Waals surface area contributed by atoms with Gasteiger partial charge in [-0.2, -0.15) is 5.12 Å². The smallest absolute Gasteiger partial charge is 0.124 e. The number of piperazine rings is 1. The molecule has 10 nitrogen and oxygen atoms in total. The maximum Gasteiger partial charge on any atom is 0.124 e. The second-order valence-corrected chi connectivity index (χ2v) is 18.3. The number of aldehydes is 1. The van der Waals surface area contributed by atoms with Crippen LogP contribution < -0.4 is 11.6 Å². The van der Waals surface area contributed by atoms with E-state index in [0.29, 0.717) is 43.5 Å². The third-order valence-electron chi connectivity index (χ3n) is 15.9. The Labute approximate surface area is 290 Å². The predicted octanol–water partition coefficient (Wildman–Crippen LogP) is 5.05. The van der Waals surface area contributed by atoms with Crippen molar-refractivity contribution in [1.82, 2.24) is 14.9 Å². The van der Waals surface area contributed by atoms with Crippen molar-refractivity contribution in [2.24, 2.45) is 68.2 Å². The van der Waals surface area contributed by atoms with E-state index in [9.17, 15) is 4.79 Å². The van der Waals surface area contributed by atoms with Gasteiger partial charge in [-0.25, -0.2) is 0 Å². The van der Waals surface area contributed by atoms with Crippen LogP contribution in [0.3, 0.4) is 0 Å². The van der Waals surface area contributed by atoms with Gasteiger partial charge in [-0.05, 0) is 85.5 Å². The first-order valence-corrected chi connectivity index (χ1v) is 18.9. The van der Waals surface area contributed by atoms with Crippen LogP contribution in [0.2, 0.25) is 0 Å². The molecule has 0 amide bonds. The predicted molar refractivity (Wildman–Crippen MR) is 191 cm³/mol. The summed E-state index contributed by atoms with van der Waals surface area (Å²) in [6, 6.07) is -0.239. The van der Waals surface area contributed by atoms with Crippen LogP contribution in [0.5, 0.6) is 0 Å². The molecule has 0 spiro atoms. The summed E-state index contributed by atoms with van der Waals surface area (Å²) < 4.78 is 13.6. The number of hydrogen-bond donors (Lipinski definition) is 3. The first-order valence-electron chi connectivity index (χ1n) is 18.9. The molecule has 2 bridgehead atoms. The lowest BCUT2D eigenvalue weighted by Crippen LogP contribution is -2.72. The minimum absolute atomic E-state index is 0.00392. The molecule has 3 saturated carbocycles. The first kappa shape index (κ1) is 36.2. The second kappa shape index (κ2) is 12.9. The number of fused-ring (bicyclic) bond motifs is 3. The van der Waals surface area contributed by atoms with Gasteiger partial charge in [0.2, 0.25) is 0 Å². The average Bonchev–Trinajstić information content (AvgIpc) is 3.02. The molecule has 2 saturated heterocycles. The summed E-state index contributed by atoms with van der Waals surface area (Å²) in [5, 5.41) is 9.43. The van der Waals surface area contributed by atoms with Crippen LogP contribution in [0.4, 0.5) is 0 Å². The SMILES string of the molecule is CC(C)[C@@H](C)[C@@]1(C)CC[C@]2(C)[C@H]3CC[C@@H]4[C@@]5(COC[C@]4(C)[C@@H](OCCN4CCN(C)CC4)[C@H](N(N)[N-]C(=N)N)C5)C3=CC[C@@]2(C)[C@@H]1C=O. The molecule has 2 heterocycles. The Bertz CT molecular complexity index is 1250. The van der Waals surface area contributed by atoms with Gasteiger partial charge < -0.3 is 35.7 Å². The Morgan fingerprint density at radius 3 is 2.48 bits per heavy atom. The lowest BCUT2D eigenvalue weighted by molar-refractivity contribution is -0.252. The van der Waals surface area contributed by atoms with E-state index >= 15 is 0 Å². The van der Waals surface area contributed by atoms with Crippen molar-refractivity contribution in [2.45, 2.75) is 99.1 Å². The summed E-state index contributed by atoms with van der Waals surface area (Å²) in [5.74, 6) is 8.23. The van der Waals surface area contributed by atoms with Crippen LogP contribution in [0.15, 0.2) is 11.6 Å². The summed E-state index contributed by atoms with van der Waals surface area (Å²) in [4.78, 5) is 18.1. The van der Waals surface area contributed by atoms with Crippen LogP contribution in [0.25, 0.3) is 5.43 Å². The molecular weight excluding hydrogens is 602 g/mol. The summed E-state index contributed by atoms with van der Waals surface area (Å²) >= 11 is 0. The number of ether oxygens (including phenoxy) is 2. The maximum atomic E-state index is 13.2. The molecule has 11 atom stereocenters. The zero-order valence-corrected chi connectivity index (χ0v) is 31.3. The Morgan fingerprint density at radius 1 is 1.12 bits per heavy atom. The molecule has 6 aliphatic rings. The Hall–Kier alpha value is -1.56.